The van der Waals surface area contributed by atoms with Crippen molar-refractivity contribution in [1.82, 2.24) is 15.6 Å². The summed E-state index contributed by atoms with van der Waals surface area (Å²) >= 11 is 0. The summed E-state index contributed by atoms with van der Waals surface area (Å²) in [5.74, 6) is -0.332. The van der Waals surface area contributed by atoms with Gasteiger partial charge < -0.3 is 0 Å². The van der Waals surface area contributed by atoms with Gasteiger partial charge in [0.25, 0.3) is 5.91 Å². The summed E-state index contributed by atoms with van der Waals surface area (Å²) in [6.45, 7) is 3.65. The monoisotopic (exact) mass is 268 g/mol. The normalized spacial score (nSPS) is 11.8. The number of nitrogens with zero attached hydrogens (tertiary/aromatic N) is 2. The number of carbonyl (C=O) groups excluding carboxylic acids is 1. The molecule has 2 rings (SSSR count). The topological polar surface area (TPSA) is 70.1 Å². The molecule has 5 heteroatoms. The number of nitrogens with one attached hydrogen (secondary N) is 2. The maximum absolute atomic E-state index is 11.7. The molecule has 2 N–H and O–H groups in total. The third-order valence-corrected chi connectivity index (χ3v) is 2.59. The van der Waals surface area contributed by atoms with Gasteiger partial charge in [0.2, 0.25) is 0 Å². The molecule has 2 aromatic rings. The molecular formula is C15H16N4O. The number of allylic oxidation sites excluding steroid dienone is 1. The van der Waals surface area contributed by atoms with Crippen LogP contribution in [0.1, 0.15) is 28.7 Å². The van der Waals surface area contributed by atoms with Gasteiger partial charge >= 0.3 is 0 Å². The van der Waals surface area contributed by atoms with Crippen LogP contribution in [0.5, 0.6) is 0 Å². The van der Waals surface area contributed by atoms with Gasteiger partial charge in [0.1, 0.15) is 0 Å². The molecule has 0 radical (unpaired) electrons. The molecule has 0 atom stereocenters. The molecule has 0 aliphatic carbocycles. The van der Waals surface area contributed by atoms with E-state index in [-0.39, 0.29) is 5.91 Å². The first kappa shape index (κ1) is 13.7. The molecule has 1 amide bonds. The van der Waals surface area contributed by atoms with E-state index in [0.29, 0.717) is 11.4 Å². The molecule has 102 valence electrons. The Morgan fingerprint density at radius 2 is 2.10 bits per heavy atom. The van der Waals surface area contributed by atoms with E-state index in [4.69, 9.17) is 0 Å². The van der Waals surface area contributed by atoms with Crippen LogP contribution in [0.2, 0.25) is 0 Å². The van der Waals surface area contributed by atoms with Crippen LogP contribution in [0.15, 0.2) is 47.6 Å². The Hall–Kier alpha value is -2.69. The van der Waals surface area contributed by atoms with Crippen LogP contribution in [0.3, 0.4) is 0 Å². The zero-order valence-electron chi connectivity index (χ0n) is 11.4. The average molecular weight is 268 g/mol. The predicted molar refractivity (Wildman–Crippen MR) is 79.4 cm³/mol. The van der Waals surface area contributed by atoms with E-state index in [1.165, 1.54) is 0 Å². The first-order chi connectivity index (χ1) is 9.65. The Bertz CT molecular complexity index is 641. The first-order valence-electron chi connectivity index (χ1n) is 6.25. The molecule has 0 saturated heterocycles. The second kappa shape index (κ2) is 6.47. The Kier molecular flexibility index (Phi) is 4.44. The number of aryl methyl sites for hydroxylation is 1. The van der Waals surface area contributed by atoms with Crippen molar-refractivity contribution in [2.75, 3.05) is 0 Å². The van der Waals surface area contributed by atoms with Crippen LogP contribution in [-0.2, 0) is 0 Å². The van der Waals surface area contributed by atoms with Crippen LogP contribution < -0.4 is 5.43 Å². The standard InChI is InChI=1S/C15H16N4O/c1-11(8-9-13-6-4-3-5-7-13)16-19-15(20)14-10-12(2)17-18-14/h3-10H,1-2H3,(H,17,18)(H,19,20)/b9-8+,16-11+. The molecule has 0 aliphatic rings. The summed E-state index contributed by atoms with van der Waals surface area (Å²) in [5.41, 5.74) is 5.40. The minimum Gasteiger partial charge on any atom is -0.282 e. The first-order valence-corrected chi connectivity index (χ1v) is 6.25. The summed E-state index contributed by atoms with van der Waals surface area (Å²) in [6, 6.07) is 11.6. The van der Waals surface area contributed by atoms with Crippen molar-refractivity contribution in [2.45, 2.75) is 13.8 Å². The minimum atomic E-state index is -0.332. The fourth-order valence-electron chi connectivity index (χ4n) is 1.55. The van der Waals surface area contributed by atoms with Gasteiger partial charge in [-0.1, -0.05) is 36.4 Å². The smallest absolute Gasteiger partial charge is 0.282 e. The maximum atomic E-state index is 11.7. The van der Waals surface area contributed by atoms with Crippen molar-refractivity contribution < 1.29 is 4.79 Å². The van der Waals surface area contributed by atoms with E-state index < -0.39 is 0 Å². The molecule has 0 unspecified atom stereocenters. The Morgan fingerprint density at radius 1 is 1.35 bits per heavy atom. The van der Waals surface area contributed by atoms with Crippen LogP contribution >= 0.6 is 0 Å². The number of aromatic nitrogens is 2. The van der Waals surface area contributed by atoms with E-state index in [1.54, 1.807) is 6.07 Å². The second-order valence-electron chi connectivity index (χ2n) is 4.37. The quantitative estimate of drug-likeness (QED) is 0.660. The molecule has 0 spiro atoms. The number of hydrogen-bond acceptors (Lipinski definition) is 3. The van der Waals surface area contributed by atoms with Gasteiger partial charge in [-0.3, -0.25) is 9.89 Å². The van der Waals surface area contributed by atoms with Gasteiger partial charge in [0.15, 0.2) is 5.69 Å². The molecule has 1 heterocycles. The number of amides is 1. The summed E-state index contributed by atoms with van der Waals surface area (Å²) in [7, 11) is 0. The average Bonchev–Trinajstić information content (AvgIpc) is 2.90. The molecule has 1 aromatic carbocycles. The van der Waals surface area contributed by atoms with E-state index in [2.05, 4.69) is 20.7 Å². The van der Waals surface area contributed by atoms with Crippen molar-refractivity contribution in [3.8, 4) is 0 Å². The lowest BCUT2D eigenvalue weighted by molar-refractivity contribution is 0.0950. The molecule has 20 heavy (non-hydrogen) atoms. The maximum Gasteiger partial charge on any atom is 0.291 e. The third kappa shape index (κ3) is 3.91. The van der Waals surface area contributed by atoms with E-state index in [9.17, 15) is 4.79 Å². The molecule has 0 bridgehead atoms. The number of H-pyrrole nitrogens is 1. The van der Waals surface area contributed by atoms with Crippen molar-refractivity contribution in [3.63, 3.8) is 0 Å². The zero-order chi connectivity index (χ0) is 14.4. The lowest BCUT2D eigenvalue weighted by atomic mass is 10.2. The van der Waals surface area contributed by atoms with Gasteiger partial charge in [0.05, 0.1) is 5.71 Å². The Balaban J connectivity index is 1.94. The van der Waals surface area contributed by atoms with Crippen molar-refractivity contribution >= 4 is 17.7 Å². The van der Waals surface area contributed by atoms with E-state index >= 15 is 0 Å². The van der Waals surface area contributed by atoms with Crippen LogP contribution in [0.25, 0.3) is 6.08 Å². The molecule has 5 nitrogen and oxygen atoms in total. The highest BCUT2D eigenvalue weighted by molar-refractivity contribution is 5.98. The predicted octanol–water partition coefficient (Wildman–Crippen LogP) is 2.54. The number of carbonyl (C=O) groups is 1. The van der Waals surface area contributed by atoms with E-state index in [1.807, 2.05) is 56.3 Å². The summed E-state index contributed by atoms with van der Waals surface area (Å²) in [5, 5.41) is 10.6. The Morgan fingerprint density at radius 3 is 2.75 bits per heavy atom. The lowest BCUT2D eigenvalue weighted by Crippen LogP contribution is -2.19. The van der Waals surface area contributed by atoms with Crippen molar-refractivity contribution in [3.05, 3.63) is 59.4 Å². The molecule has 0 saturated carbocycles. The number of aromatic amines is 1. The van der Waals surface area contributed by atoms with Crippen LogP contribution in [0.4, 0.5) is 0 Å². The number of hydrazone groups is 1. The third-order valence-electron chi connectivity index (χ3n) is 2.59. The van der Waals surface area contributed by atoms with Gasteiger partial charge in [-0.15, -0.1) is 0 Å². The summed E-state index contributed by atoms with van der Waals surface area (Å²) in [6.07, 6.45) is 3.77. The van der Waals surface area contributed by atoms with Gasteiger partial charge in [-0.05, 0) is 31.6 Å². The molecule has 0 fully saturated rings. The van der Waals surface area contributed by atoms with Gasteiger partial charge in [0, 0.05) is 5.69 Å². The molecule has 1 aromatic heterocycles. The second-order valence-corrected chi connectivity index (χ2v) is 4.37. The van der Waals surface area contributed by atoms with Crippen molar-refractivity contribution in [2.24, 2.45) is 5.10 Å². The molecule has 0 aliphatic heterocycles. The van der Waals surface area contributed by atoms with Gasteiger partial charge in [-0.2, -0.15) is 10.2 Å². The summed E-state index contributed by atoms with van der Waals surface area (Å²) < 4.78 is 0. The fourth-order valence-corrected chi connectivity index (χ4v) is 1.55. The minimum absolute atomic E-state index is 0.325. The van der Waals surface area contributed by atoms with Crippen LogP contribution in [-0.4, -0.2) is 21.8 Å². The highest BCUT2D eigenvalue weighted by Gasteiger charge is 2.07. The number of rotatable bonds is 4. The number of hydrogen-bond donors (Lipinski definition) is 2. The lowest BCUT2D eigenvalue weighted by Gasteiger charge is -1.96. The molecular weight excluding hydrogens is 252 g/mol. The fraction of sp³-hybridized carbons (Fsp3) is 0.133. The van der Waals surface area contributed by atoms with Gasteiger partial charge in [-0.25, -0.2) is 5.43 Å². The number of benzene rings is 1. The van der Waals surface area contributed by atoms with E-state index in [0.717, 1.165) is 11.3 Å². The SMILES string of the molecule is CC(/C=C/c1ccccc1)=N\NC(=O)c1cc(C)[nH]n1. The zero-order valence-corrected chi connectivity index (χ0v) is 11.4. The highest BCUT2D eigenvalue weighted by Crippen LogP contribution is 2.01. The summed E-state index contributed by atoms with van der Waals surface area (Å²) in [4.78, 5) is 11.7. The van der Waals surface area contributed by atoms with Crippen LogP contribution in [0, 0.1) is 6.92 Å². The highest BCUT2D eigenvalue weighted by atomic mass is 16.2. The Labute approximate surface area is 117 Å². The largest absolute Gasteiger partial charge is 0.291 e. The van der Waals surface area contributed by atoms with Crippen molar-refractivity contribution in [1.29, 1.82) is 0 Å².